The molecular weight excluding hydrogens is 286 g/mol. The van der Waals surface area contributed by atoms with Gasteiger partial charge in [-0.25, -0.2) is 4.98 Å². The van der Waals surface area contributed by atoms with Crippen LogP contribution in [0.3, 0.4) is 0 Å². The van der Waals surface area contributed by atoms with E-state index in [1.807, 2.05) is 23.3 Å². The van der Waals surface area contributed by atoms with E-state index in [1.165, 1.54) is 43.5 Å². The molecule has 2 fully saturated rings. The van der Waals surface area contributed by atoms with Crippen LogP contribution in [0.2, 0.25) is 0 Å². The van der Waals surface area contributed by atoms with Gasteiger partial charge in [0, 0.05) is 37.3 Å². The van der Waals surface area contributed by atoms with Crippen LogP contribution in [0.4, 0.5) is 0 Å². The SMILES string of the molecule is c1cn(-c2ccc(CN3CCCC3C3CCCOC3)cc2)cn1. The molecule has 4 heteroatoms. The fraction of sp³-hybridized carbons (Fsp3) is 0.526. The van der Waals surface area contributed by atoms with Crippen LogP contribution in [0, 0.1) is 5.92 Å². The minimum absolute atomic E-state index is 0.712. The Morgan fingerprint density at radius 3 is 2.78 bits per heavy atom. The summed E-state index contributed by atoms with van der Waals surface area (Å²) in [6.45, 7) is 4.20. The average Bonchev–Trinajstić information content (AvgIpc) is 3.28. The second-order valence-corrected chi connectivity index (χ2v) is 6.79. The molecular formula is C19H25N3O. The van der Waals surface area contributed by atoms with Crippen molar-refractivity contribution in [1.29, 1.82) is 0 Å². The van der Waals surface area contributed by atoms with Crippen molar-refractivity contribution in [3.63, 3.8) is 0 Å². The number of likely N-dealkylation sites (tertiary alicyclic amines) is 1. The molecule has 2 aromatic rings. The third kappa shape index (κ3) is 3.33. The summed E-state index contributed by atoms with van der Waals surface area (Å²) in [6, 6.07) is 9.59. The fourth-order valence-corrected chi connectivity index (χ4v) is 4.07. The highest BCUT2D eigenvalue weighted by atomic mass is 16.5. The summed E-state index contributed by atoms with van der Waals surface area (Å²) in [5.41, 5.74) is 2.57. The Morgan fingerprint density at radius 2 is 2.04 bits per heavy atom. The van der Waals surface area contributed by atoms with Gasteiger partial charge < -0.3 is 9.30 Å². The number of imidazole rings is 1. The highest BCUT2D eigenvalue weighted by molar-refractivity contribution is 5.34. The van der Waals surface area contributed by atoms with E-state index in [1.54, 1.807) is 0 Å². The summed E-state index contributed by atoms with van der Waals surface area (Å²) >= 11 is 0. The highest BCUT2D eigenvalue weighted by Crippen LogP contribution is 2.30. The number of hydrogen-bond acceptors (Lipinski definition) is 3. The molecule has 3 heterocycles. The molecule has 0 bridgehead atoms. The van der Waals surface area contributed by atoms with Crippen molar-refractivity contribution in [2.45, 2.75) is 38.3 Å². The van der Waals surface area contributed by atoms with Crippen molar-refractivity contribution >= 4 is 0 Å². The molecule has 0 amide bonds. The summed E-state index contributed by atoms with van der Waals surface area (Å²) in [5.74, 6) is 0.733. The van der Waals surface area contributed by atoms with Gasteiger partial charge in [0.15, 0.2) is 0 Å². The summed E-state index contributed by atoms with van der Waals surface area (Å²) in [7, 11) is 0. The van der Waals surface area contributed by atoms with Gasteiger partial charge >= 0.3 is 0 Å². The van der Waals surface area contributed by atoms with Crippen LogP contribution in [0.1, 0.15) is 31.2 Å². The molecule has 0 radical (unpaired) electrons. The quantitative estimate of drug-likeness (QED) is 0.868. The zero-order valence-electron chi connectivity index (χ0n) is 13.6. The monoisotopic (exact) mass is 311 g/mol. The largest absolute Gasteiger partial charge is 0.381 e. The molecule has 1 aromatic heterocycles. The lowest BCUT2D eigenvalue weighted by Gasteiger charge is -2.34. The second-order valence-electron chi connectivity index (χ2n) is 6.79. The predicted molar refractivity (Wildman–Crippen MR) is 90.5 cm³/mol. The molecule has 2 saturated heterocycles. The Balaban J connectivity index is 1.42. The van der Waals surface area contributed by atoms with Gasteiger partial charge in [0.2, 0.25) is 0 Å². The number of ether oxygens (including phenoxy) is 1. The van der Waals surface area contributed by atoms with Crippen molar-refractivity contribution in [1.82, 2.24) is 14.5 Å². The molecule has 1 aromatic carbocycles. The summed E-state index contributed by atoms with van der Waals surface area (Å²) in [5, 5.41) is 0. The maximum absolute atomic E-state index is 5.71. The van der Waals surface area contributed by atoms with E-state index in [0.29, 0.717) is 6.04 Å². The molecule has 23 heavy (non-hydrogen) atoms. The van der Waals surface area contributed by atoms with Crippen molar-refractivity contribution in [3.8, 4) is 5.69 Å². The first-order valence-electron chi connectivity index (χ1n) is 8.79. The number of hydrogen-bond donors (Lipinski definition) is 0. The van der Waals surface area contributed by atoms with Crippen LogP contribution in [-0.2, 0) is 11.3 Å². The number of benzene rings is 1. The van der Waals surface area contributed by atoms with E-state index in [9.17, 15) is 0 Å². The van der Waals surface area contributed by atoms with Crippen LogP contribution in [0.5, 0.6) is 0 Å². The Bertz CT molecular complexity index is 602. The van der Waals surface area contributed by atoms with Crippen molar-refractivity contribution in [2.24, 2.45) is 5.92 Å². The Labute approximate surface area is 138 Å². The first kappa shape index (κ1) is 14.9. The van der Waals surface area contributed by atoms with Crippen molar-refractivity contribution < 1.29 is 4.74 Å². The summed E-state index contributed by atoms with van der Waals surface area (Å²) in [4.78, 5) is 6.78. The van der Waals surface area contributed by atoms with E-state index in [2.05, 4.69) is 34.1 Å². The molecule has 2 aliphatic heterocycles. The van der Waals surface area contributed by atoms with Gasteiger partial charge in [0.25, 0.3) is 0 Å². The van der Waals surface area contributed by atoms with Crippen molar-refractivity contribution in [3.05, 3.63) is 48.5 Å². The van der Waals surface area contributed by atoms with Crippen LogP contribution < -0.4 is 0 Å². The molecule has 0 saturated carbocycles. The molecule has 2 unspecified atom stereocenters. The topological polar surface area (TPSA) is 30.3 Å². The Kier molecular flexibility index (Phi) is 4.44. The average molecular weight is 311 g/mol. The summed E-state index contributed by atoms with van der Waals surface area (Å²) < 4.78 is 7.76. The summed E-state index contributed by atoms with van der Waals surface area (Å²) in [6.07, 6.45) is 10.9. The molecule has 2 atom stereocenters. The van der Waals surface area contributed by atoms with Crippen molar-refractivity contribution in [2.75, 3.05) is 19.8 Å². The third-order valence-corrected chi connectivity index (χ3v) is 5.28. The molecule has 4 rings (SSSR count). The van der Waals surface area contributed by atoms with E-state index < -0.39 is 0 Å². The minimum atomic E-state index is 0.712. The Morgan fingerprint density at radius 1 is 1.13 bits per heavy atom. The van der Waals surface area contributed by atoms with Gasteiger partial charge in [-0.15, -0.1) is 0 Å². The van der Waals surface area contributed by atoms with E-state index in [-0.39, 0.29) is 0 Å². The second kappa shape index (κ2) is 6.85. The molecule has 0 spiro atoms. The minimum Gasteiger partial charge on any atom is -0.381 e. The van der Waals surface area contributed by atoms with Gasteiger partial charge in [-0.1, -0.05) is 12.1 Å². The lowest BCUT2D eigenvalue weighted by Crippen LogP contribution is -2.39. The number of nitrogens with zero attached hydrogens (tertiary/aromatic N) is 3. The zero-order chi connectivity index (χ0) is 15.5. The predicted octanol–water partition coefficient (Wildman–Crippen LogP) is 3.26. The molecule has 122 valence electrons. The maximum Gasteiger partial charge on any atom is 0.0991 e. The van der Waals surface area contributed by atoms with Gasteiger partial charge in [0.1, 0.15) is 0 Å². The smallest absolute Gasteiger partial charge is 0.0991 e. The number of rotatable bonds is 4. The molecule has 4 nitrogen and oxygen atoms in total. The first-order chi connectivity index (χ1) is 11.4. The molecule has 0 aliphatic carbocycles. The lowest BCUT2D eigenvalue weighted by molar-refractivity contribution is 0.0181. The van der Waals surface area contributed by atoms with Gasteiger partial charge in [-0.05, 0) is 55.8 Å². The zero-order valence-corrected chi connectivity index (χ0v) is 13.6. The highest BCUT2D eigenvalue weighted by Gasteiger charge is 2.32. The van der Waals surface area contributed by atoms with E-state index >= 15 is 0 Å². The normalized spacial score (nSPS) is 25.7. The standard InChI is InChI=1S/C19H25N3O/c1-4-19(17-3-2-12-23-14-17)21(10-1)13-16-5-7-18(8-6-16)22-11-9-20-15-22/h5-9,11,15,17,19H,1-4,10,12-14H2. The number of aromatic nitrogens is 2. The van der Waals surface area contributed by atoms with Gasteiger partial charge in [-0.2, -0.15) is 0 Å². The van der Waals surface area contributed by atoms with Crippen LogP contribution >= 0.6 is 0 Å². The van der Waals surface area contributed by atoms with Crippen LogP contribution in [0.25, 0.3) is 5.69 Å². The Hall–Kier alpha value is -1.65. The fourth-order valence-electron chi connectivity index (χ4n) is 4.07. The third-order valence-electron chi connectivity index (χ3n) is 5.28. The molecule has 2 aliphatic rings. The lowest BCUT2D eigenvalue weighted by atomic mass is 9.92. The first-order valence-corrected chi connectivity index (χ1v) is 8.79. The van der Waals surface area contributed by atoms with Crippen LogP contribution in [0.15, 0.2) is 43.0 Å². The van der Waals surface area contributed by atoms with Crippen LogP contribution in [-0.4, -0.2) is 40.3 Å². The maximum atomic E-state index is 5.71. The van der Waals surface area contributed by atoms with E-state index in [4.69, 9.17) is 4.74 Å². The molecule has 0 N–H and O–H groups in total. The van der Waals surface area contributed by atoms with Gasteiger partial charge in [-0.3, -0.25) is 4.90 Å². The van der Waals surface area contributed by atoms with Gasteiger partial charge in [0.05, 0.1) is 12.9 Å². The van der Waals surface area contributed by atoms with E-state index in [0.717, 1.165) is 25.7 Å².